The van der Waals surface area contributed by atoms with Gasteiger partial charge in [-0.2, -0.15) is 0 Å². The predicted molar refractivity (Wildman–Crippen MR) is 142 cm³/mol. The summed E-state index contributed by atoms with van der Waals surface area (Å²) in [5, 5.41) is 7.79. The third-order valence-electron chi connectivity index (χ3n) is 10.5. The first kappa shape index (κ1) is 26.4. The van der Waals surface area contributed by atoms with Crippen LogP contribution in [0.25, 0.3) is 0 Å². The van der Waals surface area contributed by atoms with Crippen LogP contribution >= 0.6 is 0 Å². The van der Waals surface area contributed by atoms with E-state index in [1.165, 1.54) is 25.7 Å². The summed E-state index contributed by atoms with van der Waals surface area (Å²) in [5.74, 6) is 1.88. The number of amides is 1. The minimum Gasteiger partial charge on any atom is -0.387 e. The van der Waals surface area contributed by atoms with Crippen molar-refractivity contribution in [2.24, 2.45) is 35.1 Å². The van der Waals surface area contributed by atoms with Crippen LogP contribution in [0, 0.1) is 29.1 Å². The van der Waals surface area contributed by atoms with Crippen molar-refractivity contribution < 1.29 is 13.2 Å². The molecule has 7 atom stereocenters. The van der Waals surface area contributed by atoms with Gasteiger partial charge in [-0.05, 0) is 62.7 Å². The molecule has 9 heteroatoms. The largest absolute Gasteiger partial charge is 0.387 e. The second kappa shape index (κ2) is 10.9. The third-order valence-corrected chi connectivity index (χ3v) is 12.7. The van der Waals surface area contributed by atoms with E-state index in [1.54, 1.807) is 0 Å². The highest BCUT2D eigenvalue weighted by molar-refractivity contribution is 7.92. The van der Waals surface area contributed by atoms with Gasteiger partial charge in [0.25, 0.3) is 0 Å². The molecule has 2 saturated heterocycles. The van der Waals surface area contributed by atoms with Crippen LogP contribution < -0.4 is 11.5 Å². The van der Waals surface area contributed by atoms with E-state index in [4.69, 9.17) is 16.9 Å². The zero-order valence-electron chi connectivity index (χ0n) is 21.8. The number of carbonyl (C=O) groups excluding carboxylic acids is 1. The summed E-state index contributed by atoms with van der Waals surface area (Å²) in [6.45, 7) is 1.98. The highest BCUT2D eigenvalue weighted by atomic mass is 32.2. The average Bonchev–Trinajstić information content (AvgIpc) is 3.18. The van der Waals surface area contributed by atoms with E-state index in [9.17, 15) is 13.2 Å². The van der Waals surface area contributed by atoms with Crippen molar-refractivity contribution >= 4 is 21.6 Å². The molecule has 0 spiro atoms. The van der Waals surface area contributed by atoms with Crippen molar-refractivity contribution in [3.05, 3.63) is 0 Å². The van der Waals surface area contributed by atoms with Gasteiger partial charge in [-0.1, -0.05) is 38.5 Å². The van der Waals surface area contributed by atoms with E-state index >= 15 is 0 Å². The molecule has 0 radical (unpaired) electrons. The monoisotopic (exact) mass is 521 g/mol. The Bertz CT molecular complexity index is 920. The molecule has 5 N–H and O–H groups in total. The number of sulfone groups is 1. The van der Waals surface area contributed by atoms with Crippen molar-refractivity contribution in [2.45, 2.75) is 107 Å². The van der Waals surface area contributed by atoms with Gasteiger partial charge in [-0.15, -0.1) is 0 Å². The molecule has 3 aliphatic carbocycles. The minimum absolute atomic E-state index is 0.0114. The second-order valence-corrected chi connectivity index (χ2v) is 14.9. The molecule has 1 amide bonds. The fraction of sp³-hybridized carbons (Fsp3) is 0.926. The molecule has 7 unspecified atom stereocenters. The molecule has 3 saturated carbocycles. The molecule has 0 aromatic heterocycles. The van der Waals surface area contributed by atoms with Gasteiger partial charge in [0.1, 0.15) is 6.04 Å². The molecule has 8 nitrogen and oxygen atoms in total. The lowest BCUT2D eigenvalue weighted by Gasteiger charge is -2.43. The first-order valence-corrected chi connectivity index (χ1v) is 16.3. The van der Waals surface area contributed by atoms with E-state index < -0.39 is 15.9 Å². The molecular formula is C27H47N5O3S. The smallest absolute Gasteiger partial charge is 0.241 e. The Morgan fingerprint density at radius 3 is 2.33 bits per heavy atom. The maximum atomic E-state index is 14.1. The molecule has 5 rings (SSSR count). The highest BCUT2D eigenvalue weighted by Gasteiger charge is 2.53. The quantitative estimate of drug-likeness (QED) is 0.363. The molecule has 5 aliphatic rings. The summed E-state index contributed by atoms with van der Waals surface area (Å²) in [6.07, 6.45) is 13.1. The summed E-state index contributed by atoms with van der Waals surface area (Å²) in [6, 6.07) is -0.741. The van der Waals surface area contributed by atoms with Crippen LogP contribution in [0.2, 0.25) is 0 Å². The van der Waals surface area contributed by atoms with Crippen LogP contribution in [0.3, 0.4) is 0 Å². The fourth-order valence-corrected chi connectivity index (χ4v) is 10.2. The van der Waals surface area contributed by atoms with Crippen LogP contribution in [0.15, 0.2) is 0 Å². The van der Waals surface area contributed by atoms with E-state index in [-0.39, 0.29) is 46.7 Å². The Morgan fingerprint density at radius 2 is 1.61 bits per heavy atom. The van der Waals surface area contributed by atoms with Gasteiger partial charge < -0.3 is 16.4 Å². The number of piperidine rings is 1. The van der Waals surface area contributed by atoms with Crippen molar-refractivity contribution in [3.8, 4) is 0 Å². The Morgan fingerprint density at radius 1 is 0.917 bits per heavy atom. The Balaban J connectivity index is 1.35. The summed E-state index contributed by atoms with van der Waals surface area (Å²) >= 11 is 0. The predicted octanol–water partition coefficient (Wildman–Crippen LogP) is 2.50. The molecule has 36 heavy (non-hydrogen) atoms. The molecule has 204 valence electrons. The number of rotatable bonds is 6. The molecule has 0 bridgehead atoms. The Hall–Kier alpha value is -1.19. The number of amidine groups is 1. The number of likely N-dealkylation sites (tertiary alicyclic amines) is 2. The van der Waals surface area contributed by atoms with Crippen LogP contribution in [-0.4, -0.2) is 78.7 Å². The number of nitrogens with one attached hydrogen (secondary N) is 1. The van der Waals surface area contributed by atoms with Crippen molar-refractivity contribution in [1.29, 1.82) is 5.41 Å². The van der Waals surface area contributed by atoms with Gasteiger partial charge in [-0.25, -0.2) is 8.42 Å². The summed E-state index contributed by atoms with van der Waals surface area (Å²) in [7, 11) is -3.22. The van der Waals surface area contributed by atoms with Gasteiger partial charge in [0.15, 0.2) is 9.84 Å². The van der Waals surface area contributed by atoms with Gasteiger partial charge in [-0.3, -0.25) is 15.1 Å². The van der Waals surface area contributed by atoms with Gasteiger partial charge in [0, 0.05) is 37.6 Å². The Labute approximate surface area is 217 Å². The minimum atomic E-state index is -3.22. The second-order valence-electron chi connectivity index (χ2n) is 12.5. The average molecular weight is 522 g/mol. The summed E-state index contributed by atoms with van der Waals surface area (Å²) < 4.78 is 26.6. The SMILES string of the molecule is N=C(N)C1CCC2C(N)C(C(=O)N3CCC4CCCCC4C3)N(CCS(=O)(=O)C3CCCCC3)C2C1. The number of nitrogens with two attached hydrogens (primary N) is 2. The highest BCUT2D eigenvalue weighted by Crippen LogP contribution is 2.43. The topological polar surface area (TPSA) is 134 Å². The summed E-state index contributed by atoms with van der Waals surface area (Å²) in [5.41, 5.74) is 12.8. The van der Waals surface area contributed by atoms with Gasteiger partial charge in [0.2, 0.25) is 5.91 Å². The zero-order valence-corrected chi connectivity index (χ0v) is 22.6. The molecule has 2 heterocycles. The van der Waals surface area contributed by atoms with Crippen LogP contribution in [0.4, 0.5) is 0 Å². The first-order chi connectivity index (χ1) is 17.3. The van der Waals surface area contributed by atoms with Crippen LogP contribution in [-0.2, 0) is 14.6 Å². The van der Waals surface area contributed by atoms with E-state index in [1.807, 2.05) is 0 Å². The first-order valence-electron chi connectivity index (χ1n) is 14.6. The number of nitrogens with zero attached hydrogens (tertiary/aromatic N) is 2. The lowest BCUT2D eigenvalue weighted by atomic mass is 9.75. The molecule has 0 aromatic rings. The fourth-order valence-electron chi connectivity index (χ4n) is 8.37. The van der Waals surface area contributed by atoms with E-state index in [0.29, 0.717) is 18.9 Å². The van der Waals surface area contributed by atoms with E-state index in [0.717, 1.165) is 70.4 Å². The van der Waals surface area contributed by atoms with Gasteiger partial charge in [0.05, 0.1) is 16.8 Å². The van der Waals surface area contributed by atoms with Crippen LogP contribution in [0.5, 0.6) is 0 Å². The summed E-state index contributed by atoms with van der Waals surface area (Å²) in [4.78, 5) is 18.3. The Kier molecular flexibility index (Phi) is 7.99. The van der Waals surface area contributed by atoms with Crippen LogP contribution in [0.1, 0.15) is 83.5 Å². The van der Waals surface area contributed by atoms with Crippen molar-refractivity contribution in [1.82, 2.24) is 9.80 Å². The van der Waals surface area contributed by atoms with Gasteiger partial charge >= 0.3 is 0 Å². The number of carbonyl (C=O) groups is 1. The molecule has 2 aliphatic heterocycles. The number of hydrogen-bond acceptors (Lipinski definition) is 6. The van der Waals surface area contributed by atoms with Crippen molar-refractivity contribution in [3.63, 3.8) is 0 Å². The molecule has 0 aromatic carbocycles. The normalized spacial score (nSPS) is 38.4. The lowest BCUT2D eigenvalue weighted by molar-refractivity contribution is -0.140. The standard InChI is InChI=1S/C27H47N5O3S/c28-24-22-11-10-19(26(29)30)16-23(22)32(14-15-36(34,35)21-8-2-1-3-9-21)25(24)27(33)31-13-12-18-6-4-5-7-20(18)17-31/h18-25H,1-17,28H2,(H3,29,30). The maximum absolute atomic E-state index is 14.1. The lowest BCUT2D eigenvalue weighted by Crippen LogP contribution is -2.57. The third kappa shape index (κ3) is 5.21. The zero-order chi connectivity index (χ0) is 25.4. The number of fused-ring (bicyclic) bond motifs is 2. The van der Waals surface area contributed by atoms with E-state index in [2.05, 4.69) is 9.80 Å². The number of hydrogen-bond donors (Lipinski definition) is 3. The molecular weight excluding hydrogens is 474 g/mol. The molecule has 5 fully saturated rings. The van der Waals surface area contributed by atoms with Crippen molar-refractivity contribution in [2.75, 3.05) is 25.4 Å². The maximum Gasteiger partial charge on any atom is 0.241 e.